The molecule has 16 heavy (non-hydrogen) atoms. The Hall–Kier alpha value is -2.49. The van der Waals surface area contributed by atoms with E-state index in [2.05, 4.69) is 15.4 Å². The monoisotopic (exact) mass is 216 g/mol. The highest BCUT2D eigenvalue weighted by Gasteiger charge is 2.05. The summed E-state index contributed by atoms with van der Waals surface area (Å²) in [5.41, 5.74) is -0.246. The van der Waals surface area contributed by atoms with Gasteiger partial charge in [-0.05, 0) is 17.3 Å². The molecule has 0 aliphatic carbocycles. The van der Waals surface area contributed by atoms with Gasteiger partial charge in [-0.1, -0.05) is 0 Å². The van der Waals surface area contributed by atoms with Crippen LogP contribution in [-0.2, 0) is 13.6 Å². The van der Waals surface area contributed by atoms with Crippen LogP contribution in [0.25, 0.3) is 0 Å². The highest BCUT2D eigenvalue weighted by atomic mass is 16.1. The summed E-state index contributed by atoms with van der Waals surface area (Å²) in [6.07, 6.45) is 1.58. The van der Waals surface area contributed by atoms with Gasteiger partial charge in [0.1, 0.15) is 11.6 Å². The molecule has 2 aromatic rings. The van der Waals surface area contributed by atoms with Crippen LogP contribution >= 0.6 is 0 Å². The lowest BCUT2D eigenvalue weighted by Crippen LogP contribution is -2.22. The van der Waals surface area contributed by atoms with E-state index in [1.807, 2.05) is 6.07 Å². The minimum Gasteiger partial charge on any atom is -0.307 e. The van der Waals surface area contributed by atoms with E-state index in [0.717, 1.165) is 0 Å². The summed E-state index contributed by atoms with van der Waals surface area (Å²) in [5.74, 6) is 0.430. The molecule has 2 rings (SSSR count). The average molecular weight is 216 g/mol. The molecular formula is C9H8N6O. The van der Waals surface area contributed by atoms with E-state index < -0.39 is 0 Å². The van der Waals surface area contributed by atoms with Crippen molar-refractivity contribution in [1.82, 2.24) is 24.8 Å². The van der Waals surface area contributed by atoms with E-state index in [4.69, 9.17) is 5.26 Å². The van der Waals surface area contributed by atoms with Gasteiger partial charge in [-0.25, -0.2) is 0 Å². The zero-order chi connectivity index (χ0) is 11.5. The minimum atomic E-state index is -0.350. The number of rotatable bonds is 2. The van der Waals surface area contributed by atoms with Gasteiger partial charge < -0.3 is 4.57 Å². The van der Waals surface area contributed by atoms with Gasteiger partial charge >= 0.3 is 0 Å². The summed E-state index contributed by atoms with van der Waals surface area (Å²) in [5, 5.41) is 20.1. The number of tetrazole rings is 1. The fraction of sp³-hybridized carbons (Fsp3) is 0.222. The van der Waals surface area contributed by atoms with E-state index >= 15 is 0 Å². The number of nitriles is 1. The van der Waals surface area contributed by atoms with Gasteiger partial charge in [-0.15, -0.1) is 10.2 Å². The fourth-order valence-electron chi connectivity index (χ4n) is 1.29. The van der Waals surface area contributed by atoms with Gasteiger partial charge in [-0.3, -0.25) is 4.79 Å². The van der Waals surface area contributed by atoms with Gasteiger partial charge in [0.2, 0.25) is 0 Å². The average Bonchev–Trinajstić information content (AvgIpc) is 2.67. The van der Waals surface area contributed by atoms with Gasteiger partial charge in [0.15, 0.2) is 5.82 Å². The molecule has 0 amide bonds. The van der Waals surface area contributed by atoms with Crippen molar-refractivity contribution in [3.8, 4) is 6.07 Å². The summed E-state index contributed by atoms with van der Waals surface area (Å²) in [6.45, 7) is 0.211. The Morgan fingerprint density at radius 3 is 3.00 bits per heavy atom. The predicted molar refractivity (Wildman–Crippen MR) is 53.3 cm³/mol. The van der Waals surface area contributed by atoms with Crippen molar-refractivity contribution in [3.63, 3.8) is 0 Å². The Kier molecular flexibility index (Phi) is 2.47. The van der Waals surface area contributed by atoms with Crippen molar-refractivity contribution < 1.29 is 0 Å². The third-order valence-corrected chi connectivity index (χ3v) is 2.00. The first kappa shape index (κ1) is 10.0. The Bertz CT molecular complexity index is 605. The van der Waals surface area contributed by atoms with Crippen molar-refractivity contribution in [2.75, 3.05) is 0 Å². The first-order valence-corrected chi connectivity index (χ1v) is 4.53. The van der Waals surface area contributed by atoms with Crippen LogP contribution in [0.5, 0.6) is 0 Å². The Balaban J connectivity index is 2.36. The fourth-order valence-corrected chi connectivity index (χ4v) is 1.29. The van der Waals surface area contributed by atoms with E-state index in [0.29, 0.717) is 5.82 Å². The van der Waals surface area contributed by atoms with E-state index in [1.54, 1.807) is 19.3 Å². The van der Waals surface area contributed by atoms with Gasteiger partial charge in [0, 0.05) is 6.20 Å². The maximum Gasteiger partial charge on any atom is 0.268 e. The van der Waals surface area contributed by atoms with Gasteiger partial charge in [0.05, 0.1) is 13.6 Å². The summed E-state index contributed by atoms with van der Waals surface area (Å²) < 4.78 is 1.37. The molecule has 0 aromatic carbocycles. The lowest BCUT2D eigenvalue weighted by atomic mass is 10.3. The molecule has 7 nitrogen and oxygen atoms in total. The third-order valence-electron chi connectivity index (χ3n) is 2.00. The van der Waals surface area contributed by atoms with Gasteiger partial charge in [-0.2, -0.15) is 10.1 Å². The van der Waals surface area contributed by atoms with Crippen molar-refractivity contribution in [2.45, 2.75) is 6.54 Å². The molecule has 0 saturated carbocycles. The highest BCUT2D eigenvalue weighted by molar-refractivity contribution is 5.25. The van der Waals surface area contributed by atoms with Gasteiger partial charge in [0.25, 0.3) is 5.56 Å². The van der Waals surface area contributed by atoms with E-state index in [-0.39, 0.29) is 17.7 Å². The molecule has 0 bridgehead atoms. The van der Waals surface area contributed by atoms with Crippen molar-refractivity contribution in [2.24, 2.45) is 7.05 Å². The largest absolute Gasteiger partial charge is 0.307 e. The predicted octanol–water partition coefficient (Wildman–Crippen LogP) is -0.708. The van der Waals surface area contributed by atoms with Crippen molar-refractivity contribution >= 4 is 0 Å². The molecule has 0 aliphatic heterocycles. The molecule has 0 radical (unpaired) electrons. The first-order valence-electron chi connectivity index (χ1n) is 4.53. The summed E-state index contributed by atoms with van der Waals surface area (Å²) >= 11 is 0. The zero-order valence-electron chi connectivity index (χ0n) is 8.53. The van der Waals surface area contributed by atoms with Crippen LogP contribution in [0.15, 0.2) is 23.1 Å². The second-order valence-electron chi connectivity index (χ2n) is 3.16. The van der Waals surface area contributed by atoms with Crippen LogP contribution in [0.1, 0.15) is 11.4 Å². The SMILES string of the molecule is Cn1nnc(Cn2cccc(C#N)c2=O)n1. The third kappa shape index (κ3) is 1.81. The summed E-state index contributed by atoms with van der Waals surface area (Å²) in [6, 6.07) is 4.94. The Labute approximate surface area is 90.6 Å². The summed E-state index contributed by atoms with van der Waals surface area (Å²) in [7, 11) is 1.64. The van der Waals surface area contributed by atoms with E-state index in [9.17, 15) is 4.79 Å². The smallest absolute Gasteiger partial charge is 0.268 e. The second kappa shape index (κ2) is 3.94. The van der Waals surface area contributed by atoms with Crippen LogP contribution in [0.4, 0.5) is 0 Å². The molecule has 2 heterocycles. The molecule has 0 fully saturated rings. The highest BCUT2D eigenvalue weighted by Crippen LogP contribution is 1.93. The van der Waals surface area contributed by atoms with Crippen molar-refractivity contribution in [3.05, 3.63) is 40.1 Å². The molecule has 2 aromatic heterocycles. The number of hydrogen-bond acceptors (Lipinski definition) is 5. The van der Waals surface area contributed by atoms with Crippen LogP contribution in [0, 0.1) is 11.3 Å². The van der Waals surface area contributed by atoms with Crippen LogP contribution < -0.4 is 5.56 Å². The molecule has 0 spiro atoms. The lowest BCUT2D eigenvalue weighted by Gasteiger charge is -2.00. The normalized spacial score (nSPS) is 10.0. The Morgan fingerprint density at radius 1 is 1.56 bits per heavy atom. The molecule has 80 valence electrons. The number of nitrogens with zero attached hydrogens (tertiary/aromatic N) is 6. The second-order valence-corrected chi connectivity index (χ2v) is 3.16. The number of pyridine rings is 1. The molecule has 0 atom stereocenters. The maximum absolute atomic E-state index is 11.7. The molecular weight excluding hydrogens is 208 g/mol. The topological polar surface area (TPSA) is 89.4 Å². The first-order chi connectivity index (χ1) is 7.70. The minimum absolute atomic E-state index is 0.103. The Morgan fingerprint density at radius 2 is 2.38 bits per heavy atom. The molecule has 0 N–H and O–H groups in total. The standard InChI is InChI=1S/C9H8N6O/c1-14-12-8(11-13-14)6-15-4-2-3-7(5-10)9(15)16/h2-4H,6H2,1H3. The van der Waals surface area contributed by atoms with Crippen LogP contribution in [0.3, 0.4) is 0 Å². The van der Waals surface area contributed by atoms with Crippen LogP contribution in [0.2, 0.25) is 0 Å². The molecule has 0 aliphatic rings. The van der Waals surface area contributed by atoms with E-state index in [1.165, 1.54) is 15.4 Å². The number of aromatic nitrogens is 5. The number of hydrogen-bond donors (Lipinski definition) is 0. The summed E-state index contributed by atoms with van der Waals surface area (Å²) in [4.78, 5) is 13.0. The molecule has 0 saturated heterocycles. The quantitative estimate of drug-likeness (QED) is 0.661. The maximum atomic E-state index is 11.7. The molecule has 0 unspecified atom stereocenters. The van der Waals surface area contributed by atoms with Crippen LogP contribution in [-0.4, -0.2) is 24.8 Å². The zero-order valence-corrected chi connectivity index (χ0v) is 8.53. The number of aryl methyl sites for hydroxylation is 1. The van der Waals surface area contributed by atoms with Crippen molar-refractivity contribution in [1.29, 1.82) is 5.26 Å². The molecule has 7 heteroatoms. The lowest BCUT2D eigenvalue weighted by molar-refractivity contribution is 0.624.